The van der Waals surface area contributed by atoms with Crippen molar-refractivity contribution < 1.29 is 0 Å². The Labute approximate surface area is 83.8 Å². The highest BCUT2D eigenvalue weighted by molar-refractivity contribution is 14.2. The van der Waals surface area contributed by atoms with Crippen LogP contribution in [-0.4, -0.2) is 0 Å². The lowest BCUT2D eigenvalue weighted by atomic mass is 10.1. The molecule has 9 heavy (non-hydrogen) atoms. The second kappa shape index (κ2) is 2.68. The van der Waals surface area contributed by atoms with E-state index >= 15 is 0 Å². The van der Waals surface area contributed by atoms with Crippen molar-refractivity contribution in [3.05, 3.63) is 7.66 Å². The van der Waals surface area contributed by atoms with Crippen LogP contribution in [0.4, 0.5) is 0 Å². The lowest BCUT2D eigenvalue weighted by molar-refractivity contribution is 0.610. The molecule has 2 heteroatoms. The molecule has 1 atom stereocenters. The Kier molecular flexibility index (Phi) is 2.47. The predicted molar refractivity (Wildman–Crippen MR) is 58.0 cm³/mol. The highest BCUT2D eigenvalue weighted by Crippen LogP contribution is 2.53. The van der Waals surface area contributed by atoms with E-state index in [0.717, 1.165) is 5.92 Å². The number of rotatable bonds is 1. The molecular weight excluding hydrogens is 338 g/mol. The van der Waals surface area contributed by atoms with Gasteiger partial charge in [0.15, 0.2) is 0 Å². The molecule has 0 spiro atoms. The molecule has 0 nitrogen and oxygen atoms in total. The van der Waals surface area contributed by atoms with Crippen LogP contribution in [0.3, 0.4) is 0 Å². The summed E-state index contributed by atoms with van der Waals surface area (Å²) in [5.74, 6) is 0.862. The van der Waals surface area contributed by atoms with Crippen molar-refractivity contribution in [2.75, 3.05) is 0 Å². The molecule has 1 aliphatic rings. The lowest BCUT2D eigenvalue weighted by Crippen LogP contribution is -1.85. The van der Waals surface area contributed by atoms with Gasteiger partial charge in [0.1, 0.15) is 0 Å². The summed E-state index contributed by atoms with van der Waals surface area (Å²) < 4.78 is 1.40. The second-order valence-corrected chi connectivity index (χ2v) is 7.64. The summed E-state index contributed by atoms with van der Waals surface area (Å²) in [6, 6.07) is 0. The standard InChI is InChI=1S/C7H10I2/c1-7(2)4-5(7)3-6(8)9/h3,5H,4H2,1-2H3. The Morgan fingerprint density at radius 3 is 2.11 bits per heavy atom. The molecule has 0 heterocycles. The maximum Gasteiger partial charge on any atom is 0.0477 e. The SMILES string of the molecule is CC1(C)CC1C=C(I)I. The van der Waals surface area contributed by atoms with Gasteiger partial charge in [-0.1, -0.05) is 19.9 Å². The minimum Gasteiger partial charge on any atom is -0.0613 e. The number of hydrogen-bond donors (Lipinski definition) is 0. The van der Waals surface area contributed by atoms with E-state index in [1.165, 1.54) is 8.01 Å². The van der Waals surface area contributed by atoms with Crippen LogP contribution in [0.5, 0.6) is 0 Å². The normalized spacial score (nSPS) is 29.6. The lowest BCUT2D eigenvalue weighted by Gasteiger charge is -1.95. The van der Waals surface area contributed by atoms with Gasteiger partial charge in [0.25, 0.3) is 0 Å². The van der Waals surface area contributed by atoms with Gasteiger partial charge in [0.2, 0.25) is 0 Å². The average molecular weight is 348 g/mol. The maximum atomic E-state index is 2.36. The molecule has 0 bridgehead atoms. The monoisotopic (exact) mass is 348 g/mol. The van der Waals surface area contributed by atoms with Crippen LogP contribution in [-0.2, 0) is 0 Å². The van der Waals surface area contributed by atoms with Gasteiger partial charge in [-0.25, -0.2) is 0 Å². The topological polar surface area (TPSA) is 0 Å². The third-order valence-corrected chi connectivity index (χ3v) is 2.64. The van der Waals surface area contributed by atoms with Crippen LogP contribution in [0.15, 0.2) is 7.66 Å². The summed E-state index contributed by atoms with van der Waals surface area (Å²) in [6.07, 6.45) is 3.74. The fraction of sp³-hybridized carbons (Fsp3) is 0.714. The zero-order valence-electron chi connectivity index (χ0n) is 5.62. The quantitative estimate of drug-likeness (QED) is 0.634. The van der Waals surface area contributed by atoms with Crippen LogP contribution in [0.1, 0.15) is 20.3 Å². The Balaban J connectivity index is 2.45. The predicted octanol–water partition coefficient (Wildman–Crippen LogP) is 3.74. The molecule has 0 aliphatic heterocycles. The minimum atomic E-state index is 0.613. The van der Waals surface area contributed by atoms with E-state index in [-0.39, 0.29) is 0 Å². The smallest absolute Gasteiger partial charge is 0.0477 e. The third-order valence-electron chi connectivity index (χ3n) is 1.92. The van der Waals surface area contributed by atoms with Crippen molar-refractivity contribution in [3.8, 4) is 0 Å². The van der Waals surface area contributed by atoms with Crippen molar-refractivity contribution in [2.24, 2.45) is 11.3 Å². The first-order valence-electron chi connectivity index (χ1n) is 3.05. The Bertz CT molecular complexity index is 143. The fourth-order valence-corrected chi connectivity index (χ4v) is 1.81. The van der Waals surface area contributed by atoms with Crippen LogP contribution in [0.2, 0.25) is 0 Å². The van der Waals surface area contributed by atoms with Crippen molar-refractivity contribution in [1.29, 1.82) is 0 Å². The summed E-state index contributed by atoms with van der Waals surface area (Å²) in [4.78, 5) is 0. The van der Waals surface area contributed by atoms with E-state index < -0.39 is 0 Å². The van der Waals surface area contributed by atoms with Gasteiger partial charge in [-0.15, -0.1) is 0 Å². The van der Waals surface area contributed by atoms with Gasteiger partial charge in [0, 0.05) is 1.59 Å². The molecule has 0 aromatic heterocycles. The maximum absolute atomic E-state index is 2.36. The molecule has 1 aliphatic carbocycles. The Hall–Kier alpha value is 1.20. The van der Waals surface area contributed by atoms with Gasteiger partial charge in [-0.05, 0) is 62.9 Å². The van der Waals surface area contributed by atoms with Crippen LogP contribution in [0.25, 0.3) is 0 Å². The van der Waals surface area contributed by atoms with Gasteiger partial charge >= 0.3 is 0 Å². The molecule has 1 rings (SSSR count). The van der Waals surface area contributed by atoms with Gasteiger partial charge in [-0.3, -0.25) is 0 Å². The van der Waals surface area contributed by atoms with E-state index in [1.807, 2.05) is 0 Å². The van der Waals surface area contributed by atoms with E-state index in [9.17, 15) is 0 Å². The molecule has 1 fully saturated rings. The van der Waals surface area contributed by atoms with E-state index in [0.29, 0.717) is 5.41 Å². The van der Waals surface area contributed by atoms with Gasteiger partial charge < -0.3 is 0 Å². The first-order chi connectivity index (χ1) is 4.02. The summed E-state index contributed by atoms with van der Waals surface area (Å²) in [7, 11) is 0. The first-order valence-corrected chi connectivity index (χ1v) is 5.21. The largest absolute Gasteiger partial charge is 0.0613 e. The zero-order chi connectivity index (χ0) is 7.07. The molecule has 0 aromatic rings. The first kappa shape index (κ1) is 8.30. The van der Waals surface area contributed by atoms with Crippen molar-refractivity contribution >= 4 is 45.2 Å². The Morgan fingerprint density at radius 1 is 1.56 bits per heavy atom. The van der Waals surface area contributed by atoms with E-state index in [4.69, 9.17) is 0 Å². The minimum absolute atomic E-state index is 0.613. The number of hydrogen-bond acceptors (Lipinski definition) is 0. The van der Waals surface area contributed by atoms with Crippen molar-refractivity contribution in [3.63, 3.8) is 0 Å². The van der Waals surface area contributed by atoms with Gasteiger partial charge in [0.05, 0.1) is 0 Å². The third kappa shape index (κ3) is 2.37. The Morgan fingerprint density at radius 2 is 2.00 bits per heavy atom. The molecule has 0 aromatic carbocycles. The summed E-state index contributed by atoms with van der Waals surface area (Å²) in [5, 5.41) is 0. The zero-order valence-corrected chi connectivity index (χ0v) is 9.93. The van der Waals surface area contributed by atoms with E-state index in [2.05, 4.69) is 65.1 Å². The van der Waals surface area contributed by atoms with E-state index in [1.54, 1.807) is 0 Å². The summed E-state index contributed by atoms with van der Waals surface area (Å²) in [6.45, 7) is 4.65. The molecule has 0 saturated heterocycles. The average Bonchev–Trinajstić information content (AvgIpc) is 2.10. The van der Waals surface area contributed by atoms with Crippen LogP contribution < -0.4 is 0 Å². The molecule has 1 unspecified atom stereocenters. The van der Waals surface area contributed by atoms with Crippen LogP contribution >= 0.6 is 45.2 Å². The van der Waals surface area contributed by atoms with Gasteiger partial charge in [-0.2, -0.15) is 0 Å². The summed E-state index contributed by atoms with van der Waals surface area (Å²) in [5.41, 5.74) is 0.613. The number of allylic oxidation sites excluding steroid dienone is 1. The molecule has 0 amide bonds. The molecule has 0 N–H and O–H groups in total. The van der Waals surface area contributed by atoms with Crippen LogP contribution in [0, 0.1) is 11.3 Å². The van der Waals surface area contributed by atoms with Crippen molar-refractivity contribution in [1.82, 2.24) is 0 Å². The number of halogens is 2. The molecule has 1 saturated carbocycles. The van der Waals surface area contributed by atoms with Crippen molar-refractivity contribution in [2.45, 2.75) is 20.3 Å². The second-order valence-electron chi connectivity index (χ2n) is 3.26. The summed E-state index contributed by atoms with van der Waals surface area (Å²) >= 11 is 4.72. The molecular formula is C7H10I2. The highest BCUT2D eigenvalue weighted by Gasteiger charge is 2.43. The fourth-order valence-electron chi connectivity index (χ4n) is 0.944. The highest BCUT2D eigenvalue weighted by atomic mass is 127. The molecule has 52 valence electrons. The molecule has 0 radical (unpaired) electrons.